The molecule has 2 amide bonds. The highest BCUT2D eigenvalue weighted by Gasteiger charge is 2.40. The van der Waals surface area contributed by atoms with E-state index in [1.807, 2.05) is 6.92 Å². The van der Waals surface area contributed by atoms with E-state index < -0.39 is 11.5 Å². The van der Waals surface area contributed by atoms with Crippen LogP contribution in [0.3, 0.4) is 0 Å². The lowest BCUT2D eigenvalue weighted by Crippen LogP contribution is -2.55. The zero-order valence-electron chi connectivity index (χ0n) is 10.8. The number of carboxylic acid groups (broad SMARTS) is 1. The van der Waals surface area contributed by atoms with Crippen molar-refractivity contribution < 1.29 is 14.7 Å². The minimum atomic E-state index is -0.891. The highest BCUT2D eigenvalue weighted by Crippen LogP contribution is 2.34. The van der Waals surface area contributed by atoms with E-state index in [2.05, 4.69) is 15.6 Å². The minimum absolute atomic E-state index is 0.0352. The van der Waals surface area contributed by atoms with Gasteiger partial charge in [0.2, 0.25) is 0 Å². The molecule has 1 heterocycles. The van der Waals surface area contributed by atoms with E-state index in [1.54, 1.807) is 18.5 Å². The molecular weight excluding hydrogens is 246 g/mol. The van der Waals surface area contributed by atoms with Crippen molar-refractivity contribution >= 4 is 17.7 Å². The topological polar surface area (TPSA) is 91.3 Å². The molecule has 6 nitrogen and oxygen atoms in total. The number of nitrogens with one attached hydrogen (secondary N) is 2. The highest BCUT2D eigenvalue weighted by atomic mass is 16.4. The first-order valence-corrected chi connectivity index (χ1v) is 6.22. The number of hydrogen-bond donors (Lipinski definition) is 3. The van der Waals surface area contributed by atoms with Gasteiger partial charge in [-0.25, -0.2) is 4.79 Å². The van der Waals surface area contributed by atoms with Crippen molar-refractivity contribution in [3.63, 3.8) is 0 Å². The summed E-state index contributed by atoms with van der Waals surface area (Å²) < 4.78 is 0. The Balaban J connectivity index is 1.95. The van der Waals surface area contributed by atoms with Crippen LogP contribution in [0.5, 0.6) is 0 Å². The molecule has 102 valence electrons. The Bertz CT molecular complexity index is 498. The zero-order valence-corrected chi connectivity index (χ0v) is 10.8. The predicted molar refractivity (Wildman–Crippen MR) is 70.0 cm³/mol. The van der Waals surface area contributed by atoms with Gasteiger partial charge >= 0.3 is 12.0 Å². The van der Waals surface area contributed by atoms with E-state index in [0.717, 1.165) is 12.0 Å². The first kappa shape index (κ1) is 13.3. The fourth-order valence-corrected chi connectivity index (χ4v) is 2.27. The lowest BCUT2D eigenvalue weighted by molar-refractivity contribution is -0.139. The SMILES string of the molecule is Cc1cncc(NC(=O)NC2(CC(=O)O)CCC2)c1. The Labute approximate surface area is 111 Å². The molecule has 6 heteroatoms. The Morgan fingerprint density at radius 2 is 2.16 bits per heavy atom. The summed E-state index contributed by atoms with van der Waals surface area (Å²) in [6, 6.07) is 1.42. The smallest absolute Gasteiger partial charge is 0.319 e. The minimum Gasteiger partial charge on any atom is -0.481 e. The Morgan fingerprint density at radius 1 is 1.42 bits per heavy atom. The molecule has 0 bridgehead atoms. The van der Waals surface area contributed by atoms with E-state index in [-0.39, 0.29) is 12.5 Å². The predicted octanol–water partition coefficient (Wildman–Crippen LogP) is 1.91. The van der Waals surface area contributed by atoms with Gasteiger partial charge in [-0.15, -0.1) is 0 Å². The molecule has 2 rings (SSSR count). The van der Waals surface area contributed by atoms with Crippen molar-refractivity contribution in [3.8, 4) is 0 Å². The van der Waals surface area contributed by atoms with Gasteiger partial charge in [0.1, 0.15) is 0 Å². The second-order valence-corrected chi connectivity index (χ2v) is 5.03. The largest absolute Gasteiger partial charge is 0.481 e. The third kappa shape index (κ3) is 3.43. The van der Waals surface area contributed by atoms with Crippen LogP contribution in [0, 0.1) is 6.92 Å². The fraction of sp³-hybridized carbons (Fsp3) is 0.462. The number of aliphatic carboxylic acids is 1. The summed E-state index contributed by atoms with van der Waals surface area (Å²) in [5, 5.41) is 14.3. The van der Waals surface area contributed by atoms with Gasteiger partial charge in [0.05, 0.1) is 23.8 Å². The quantitative estimate of drug-likeness (QED) is 0.773. The van der Waals surface area contributed by atoms with Crippen LogP contribution < -0.4 is 10.6 Å². The summed E-state index contributed by atoms with van der Waals surface area (Å²) >= 11 is 0. The third-order valence-electron chi connectivity index (χ3n) is 3.31. The Morgan fingerprint density at radius 3 is 2.68 bits per heavy atom. The molecule has 0 atom stereocenters. The molecule has 1 saturated carbocycles. The van der Waals surface area contributed by atoms with E-state index in [1.165, 1.54) is 0 Å². The van der Waals surface area contributed by atoms with Gasteiger partial charge in [-0.05, 0) is 37.8 Å². The van der Waals surface area contributed by atoms with E-state index in [0.29, 0.717) is 18.5 Å². The second-order valence-electron chi connectivity index (χ2n) is 5.03. The average molecular weight is 263 g/mol. The van der Waals surface area contributed by atoms with Gasteiger partial charge < -0.3 is 15.7 Å². The third-order valence-corrected chi connectivity index (χ3v) is 3.31. The fourth-order valence-electron chi connectivity index (χ4n) is 2.27. The summed E-state index contributed by atoms with van der Waals surface area (Å²) in [4.78, 5) is 26.7. The molecular formula is C13H17N3O3. The van der Waals surface area contributed by atoms with Crippen LogP contribution in [0.2, 0.25) is 0 Å². The van der Waals surface area contributed by atoms with Crippen molar-refractivity contribution in [2.45, 2.75) is 38.1 Å². The van der Waals surface area contributed by atoms with Crippen LogP contribution in [0.15, 0.2) is 18.5 Å². The van der Waals surface area contributed by atoms with Crippen LogP contribution in [0.1, 0.15) is 31.2 Å². The van der Waals surface area contributed by atoms with Crippen LogP contribution >= 0.6 is 0 Å². The number of hydrogen-bond acceptors (Lipinski definition) is 3. The van der Waals surface area contributed by atoms with Crippen LogP contribution in [-0.4, -0.2) is 27.6 Å². The van der Waals surface area contributed by atoms with Crippen molar-refractivity contribution in [3.05, 3.63) is 24.0 Å². The van der Waals surface area contributed by atoms with E-state index in [4.69, 9.17) is 5.11 Å². The number of pyridine rings is 1. The number of carboxylic acids is 1. The number of aromatic nitrogens is 1. The van der Waals surface area contributed by atoms with Crippen LogP contribution in [0.4, 0.5) is 10.5 Å². The number of amides is 2. The number of rotatable bonds is 4. The zero-order chi connectivity index (χ0) is 13.9. The molecule has 0 aliphatic heterocycles. The maximum atomic E-state index is 11.9. The second kappa shape index (κ2) is 5.26. The van der Waals surface area contributed by atoms with Gasteiger partial charge in [0.25, 0.3) is 0 Å². The Hall–Kier alpha value is -2.11. The lowest BCUT2D eigenvalue weighted by Gasteiger charge is -2.41. The molecule has 1 aliphatic carbocycles. The summed E-state index contributed by atoms with van der Waals surface area (Å²) in [6.45, 7) is 1.88. The van der Waals surface area contributed by atoms with E-state index in [9.17, 15) is 9.59 Å². The van der Waals surface area contributed by atoms with Gasteiger partial charge in [0, 0.05) is 6.20 Å². The molecule has 0 saturated heterocycles. The van der Waals surface area contributed by atoms with Gasteiger partial charge in [-0.1, -0.05) is 0 Å². The normalized spacial score (nSPS) is 16.3. The van der Waals surface area contributed by atoms with Crippen LogP contribution in [-0.2, 0) is 4.79 Å². The maximum Gasteiger partial charge on any atom is 0.319 e. The number of carbonyl (C=O) groups is 2. The standard InChI is InChI=1S/C13H17N3O3/c1-9-5-10(8-14-7-9)15-12(19)16-13(3-2-4-13)6-11(17)18/h5,7-8H,2-4,6H2,1H3,(H,17,18)(H2,15,16,19). The number of anilines is 1. The molecule has 0 aromatic carbocycles. The molecule has 1 aromatic rings. The van der Waals surface area contributed by atoms with E-state index >= 15 is 0 Å². The molecule has 0 spiro atoms. The van der Waals surface area contributed by atoms with Crippen LogP contribution in [0.25, 0.3) is 0 Å². The average Bonchev–Trinajstić information content (AvgIpc) is 2.25. The lowest BCUT2D eigenvalue weighted by atomic mass is 9.74. The summed E-state index contributed by atoms with van der Waals surface area (Å²) in [5.41, 5.74) is 0.955. The van der Waals surface area contributed by atoms with Crippen molar-refractivity contribution in [2.24, 2.45) is 0 Å². The number of urea groups is 1. The number of aryl methyl sites for hydroxylation is 1. The molecule has 0 radical (unpaired) electrons. The monoisotopic (exact) mass is 263 g/mol. The van der Waals surface area contributed by atoms with Gasteiger partial charge in [0.15, 0.2) is 0 Å². The first-order chi connectivity index (χ1) is 8.99. The highest BCUT2D eigenvalue weighted by molar-refractivity contribution is 5.90. The van der Waals surface area contributed by atoms with Gasteiger partial charge in [-0.2, -0.15) is 0 Å². The van der Waals surface area contributed by atoms with Crippen molar-refractivity contribution in [2.75, 3.05) is 5.32 Å². The number of carbonyl (C=O) groups excluding carboxylic acids is 1. The molecule has 19 heavy (non-hydrogen) atoms. The molecule has 1 aliphatic rings. The van der Waals surface area contributed by atoms with Crippen molar-refractivity contribution in [1.29, 1.82) is 0 Å². The summed E-state index contributed by atoms with van der Waals surface area (Å²) in [7, 11) is 0. The molecule has 3 N–H and O–H groups in total. The molecule has 1 aromatic heterocycles. The first-order valence-electron chi connectivity index (χ1n) is 6.22. The number of nitrogens with zero attached hydrogens (tertiary/aromatic N) is 1. The maximum absolute atomic E-state index is 11.9. The molecule has 1 fully saturated rings. The summed E-state index contributed by atoms with van der Waals surface area (Å²) in [5.74, 6) is -0.891. The molecule has 0 unspecified atom stereocenters. The Kier molecular flexibility index (Phi) is 3.69. The van der Waals surface area contributed by atoms with Crippen molar-refractivity contribution in [1.82, 2.24) is 10.3 Å². The summed E-state index contributed by atoms with van der Waals surface area (Å²) in [6.07, 6.45) is 5.57. The van der Waals surface area contributed by atoms with Gasteiger partial charge in [-0.3, -0.25) is 9.78 Å².